The summed E-state index contributed by atoms with van der Waals surface area (Å²) in [6.45, 7) is 16.2. The first kappa shape index (κ1) is 29.5. The van der Waals surface area contributed by atoms with Gasteiger partial charge in [-0.1, -0.05) is 0 Å². The van der Waals surface area contributed by atoms with Gasteiger partial charge in [0.15, 0.2) is 0 Å². The molecule has 212 valence electrons. The van der Waals surface area contributed by atoms with Gasteiger partial charge in [0.25, 0.3) is 0 Å². The molecule has 0 N–H and O–H groups in total. The van der Waals surface area contributed by atoms with E-state index < -0.39 is 21.3 Å². The fourth-order valence-electron chi connectivity index (χ4n) is 6.32. The Hall–Kier alpha value is -2.60. The van der Waals surface area contributed by atoms with Gasteiger partial charge < -0.3 is 0 Å². The molecule has 4 aromatic carbocycles. The number of aryl methyl sites for hydroxylation is 1. The summed E-state index contributed by atoms with van der Waals surface area (Å²) in [7, 11) is 0. The van der Waals surface area contributed by atoms with Crippen LogP contribution in [0, 0.1) is 6.92 Å². The van der Waals surface area contributed by atoms with Gasteiger partial charge in [0.2, 0.25) is 0 Å². The van der Waals surface area contributed by atoms with Gasteiger partial charge in [-0.2, -0.15) is 0 Å². The van der Waals surface area contributed by atoms with Crippen LogP contribution in [-0.2, 0) is 38.5 Å². The fourth-order valence-corrected chi connectivity index (χ4v) is 14.5. The number of fused-ring (bicyclic) bond motifs is 3. The molecule has 0 nitrogen and oxygen atoms in total. The van der Waals surface area contributed by atoms with Crippen LogP contribution in [0.2, 0.25) is 5.02 Å². The number of hydrogen-bond acceptors (Lipinski definition) is 0. The Balaban J connectivity index is 1.73. The second kappa shape index (κ2) is 11.2. The zero-order chi connectivity index (χ0) is 29.8. The van der Waals surface area contributed by atoms with Crippen molar-refractivity contribution in [3.05, 3.63) is 144 Å². The van der Waals surface area contributed by atoms with Crippen LogP contribution in [0.25, 0.3) is 11.1 Å². The van der Waals surface area contributed by atoms with Crippen LogP contribution in [0.5, 0.6) is 0 Å². The number of halogens is 1. The molecule has 0 atom stereocenters. The summed E-state index contributed by atoms with van der Waals surface area (Å²) < 4.78 is 4.78. The first-order chi connectivity index (χ1) is 19.9. The van der Waals surface area contributed by atoms with Gasteiger partial charge in [0.1, 0.15) is 0 Å². The van der Waals surface area contributed by atoms with Gasteiger partial charge in [0.05, 0.1) is 0 Å². The average molecular weight is 648 g/mol. The van der Waals surface area contributed by atoms with Crippen molar-refractivity contribution in [2.24, 2.45) is 0 Å². The van der Waals surface area contributed by atoms with Crippen molar-refractivity contribution in [2.75, 3.05) is 0 Å². The van der Waals surface area contributed by atoms with E-state index >= 15 is 0 Å². The number of allylic oxidation sites excluding steroid dienone is 4. The monoisotopic (exact) mass is 646 g/mol. The Morgan fingerprint density at radius 3 is 2.10 bits per heavy atom. The van der Waals surface area contributed by atoms with E-state index in [0.717, 1.165) is 17.9 Å². The van der Waals surface area contributed by atoms with E-state index in [1.165, 1.54) is 47.7 Å². The fraction of sp³-hybridized carbons (Fsp3) is 0.275. The molecule has 0 aromatic heterocycles. The summed E-state index contributed by atoms with van der Waals surface area (Å²) in [5.41, 5.74) is 12.8. The molecule has 0 heterocycles. The van der Waals surface area contributed by atoms with E-state index in [-0.39, 0.29) is 10.8 Å². The summed E-state index contributed by atoms with van der Waals surface area (Å²) >= 11 is 3.93. The van der Waals surface area contributed by atoms with Gasteiger partial charge in [-0.3, -0.25) is 0 Å². The molecule has 4 aromatic rings. The van der Waals surface area contributed by atoms with Gasteiger partial charge in [0, 0.05) is 0 Å². The molecule has 0 aliphatic heterocycles. The predicted octanol–water partition coefficient (Wildman–Crippen LogP) is 10.2. The van der Waals surface area contributed by atoms with Crippen molar-refractivity contribution in [3.63, 3.8) is 0 Å². The zero-order valence-corrected chi connectivity index (χ0v) is 29.2. The summed E-state index contributed by atoms with van der Waals surface area (Å²) in [5, 5.41) is 0.800. The molecule has 0 amide bonds. The van der Waals surface area contributed by atoms with E-state index in [4.69, 9.17) is 11.6 Å². The molecule has 0 bridgehead atoms. The van der Waals surface area contributed by atoms with Crippen molar-refractivity contribution in [1.82, 2.24) is 0 Å². The minimum absolute atomic E-state index is 0.0465. The van der Waals surface area contributed by atoms with Crippen LogP contribution in [0.4, 0.5) is 0 Å². The van der Waals surface area contributed by atoms with E-state index in [1.54, 1.807) is 12.1 Å². The molecule has 2 aliphatic carbocycles. The molecule has 2 aliphatic rings. The standard InChI is InChI=1S/C21H25.C14H11Cl.C5H5.Zr/c1-20(2,3)16-9-7-14-11-15-8-10-17(21(4,5)6)13-19(15)18(14)12-16;1-11-5-7-12(8-6-11)9-13-3-2-4-14(15)10-13;1-2-4-5-3-1;/h7,9-10,12-13H,11H2,1-6H3;2-8,10H,1H3;1-3H,4H2;. The molecule has 0 fully saturated rings. The van der Waals surface area contributed by atoms with Gasteiger partial charge in [-0.05, 0) is 0 Å². The normalized spacial score (nSPS) is 14.9. The Bertz CT molecular complexity index is 1780. The zero-order valence-electron chi connectivity index (χ0n) is 26.0. The van der Waals surface area contributed by atoms with E-state index in [1.807, 2.05) is 6.07 Å². The van der Waals surface area contributed by atoms with Crippen LogP contribution < -0.4 is 3.27 Å². The quantitative estimate of drug-likeness (QED) is 0.182. The third kappa shape index (κ3) is 5.68. The Kier molecular flexibility index (Phi) is 7.83. The molecule has 0 saturated heterocycles. The third-order valence-electron chi connectivity index (χ3n) is 8.81. The van der Waals surface area contributed by atoms with Crippen LogP contribution in [-0.4, -0.2) is 3.21 Å². The van der Waals surface area contributed by atoms with Gasteiger partial charge in [-0.15, -0.1) is 0 Å². The maximum atomic E-state index is 6.68. The number of rotatable bonds is 4. The Morgan fingerprint density at radius 2 is 1.45 bits per heavy atom. The van der Waals surface area contributed by atoms with Crippen LogP contribution in [0.15, 0.2) is 100 Å². The first-order valence-electron chi connectivity index (χ1n) is 15.1. The maximum absolute atomic E-state index is 6.68. The molecule has 42 heavy (non-hydrogen) atoms. The summed E-state index contributed by atoms with van der Waals surface area (Å²) in [6, 6.07) is 30.2. The van der Waals surface area contributed by atoms with Gasteiger partial charge in [-0.25, -0.2) is 0 Å². The first-order valence-corrected chi connectivity index (χ1v) is 19.2. The third-order valence-corrected chi connectivity index (χ3v) is 16.6. The molecular weight excluding hydrogens is 607 g/mol. The molecular formula is C40H41ClZr. The second-order valence-electron chi connectivity index (χ2n) is 14.0. The molecule has 0 spiro atoms. The molecule has 0 unspecified atom stereocenters. The van der Waals surface area contributed by atoms with E-state index in [9.17, 15) is 0 Å². The van der Waals surface area contributed by atoms with Crippen LogP contribution >= 0.6 is 11.6 Å². The topological polar surface area (TPSA) is 0 Å². The summed E-state index contributed by atoms with van der Waals surface area (Å²) in [4.78, 5) is 0. The molecule has 2 heteroatoms. The number of benzene rings is 4. The van der Waals surface area contributed by atoms with Crippen LogP contribution in [0.3, 0.4) is 0 Å². The second-order valence-corrected chi connectivity index (χ2v) is 20.5. The van der Waals surface area contributed by atoms with Crippen molar-refractivity contribution in [3.8, 4) is 11.1 Å². The van der Waals surface area contributed by atoms with Gasteiger partial charge >= 0.3 is 267 Å². The van der Waals surface area contributed by atoms with Crippen molar-refractivity contribution >= 4 is 18.1 Å². The SMILES string of the molecule is Cc1ccc(/[C](c2cccc(Cl)c2)=[Zr](\[C]2=CC=CC2)[c]2cc(C(C)(C)C)cc3c2Cc2ccc(C(C)(C)C)cc2-3)cc1. The Labute approximate surface area is 265 Å². The minimum atomic E-state index is -2.75. The van der Waals surface area contributed by atoms with Crippen molar-refractivity contribution in [2.45, 2.75) is 72.1 Å². The van der Waals surface area contributed by atoms with Crippen molar-refractivity contribution < 1.29 is 21.3 Å². The average Bonchev–Trinajstić information content (AvgIpc) is 3.59. The molecule has 0 radical (unpaired) electrons. The summed E-state index contributed by atoms with van der Waals surface area (Å²) in [5.74, 6) is 0. The Morgan fingerprint density at radius 1 is 0.738 bits per heavy atom. The molecule has 0 saturated carbocycles. The predicted molar refractivity (Wildman–Crippen MR) is 179 cm³/mol. The van der Waals surface area contributed by atoms with E-state index in [0.29, 0.717) is 0 Å². The number of hydrogen-bond donors (Lipinski definition) is 0. The van der Waals surface area contributed by atoms with E-state index in [2.05, 4.69) is 139 Å². The van der Waals surface area contributed by atoms with Crippen LogP contribution in [0.1, 0.15) is 86.9 Å². The molecule has 6 rings (SSSR count). The van der Waals surface area contributed by atoms with Crippen molar-refractivity contribution in [1.29, 1.82) is 0 Å². The summed E-state index contributed by atoms with van der Waals surface area (Å²) in [6.07, 6.45) is 9.11.